The number of nitrogens with one attached hydrogen (secondary N) is 2. The number of rotatable bonds is 17. The van der Waals surface area contributed by atoms with Crippen LogP contribution < -0.4 is 10.6 Å². The first-order chi connectivity index (χ1) is 19.6. The predicted molar refractivity (Wildman–Crippen MR) is 144 cm³/mol. The minimum Gasteiger partial charge on any atom is -0.379 e. The Hall–Kier alpha value is -2.74. The molecule has 0 bridgehead atoms. The maximum atomic E-state index is 13.1. The van der Waals surface area contributed by atoms with Gasteiger partial charge in [0.05, 0.1) is 57.4 Å². The van der Waals surface area contributed by atoms with Gasteiger partial charge in [0.1, 0.15) is 6.04 Å². The van der Waals surface area contributed by atoms with E-state index in [1.54, 1.807) is 12.1 Å². The van der Waals surface area contributed by atoms with Gasteiger partial charge in [-0.15, -0.1) is 0 Å². The van der Waals surface area contributed by atoms with Crippen molar-refractivity contribution in [1.82, 2.24) is 20.4 Å². The Labute approximate surface area is 234 Å². The van der Waals surface area contributed by atoms with Gasteiger partial charge in [-0.3, -0.25) is 34.3 Å². The number of ether oxygens (including phenoxy) is 4. The Kier molecular flexibility index (Phi) is 12.0. The molecule has 1 aromatic rings. The van der Waals surface area contributed by atoms with Crippen LogP contribution in [0.4, 0.5) is 0 Å². The number of fused-ring (bicyclic) bond motifs is 1. The average Bonchev–Trinajstić information content (AvgIpc) is 3.21. The molecular formula is C28H40N4O8. The molecule has 1 atom stereocenters. The van der Waals surface area contributed by atoms with Gasteiger partial charge in [0, 0.05) is 45.8 Å². The molecule has 0 aliphatic carbocycles. The van der Waals surface area contributed by atoms with Crippen molar-refractivity contribution in [3.63, 3.8) is 0 Å². The topological polar surface area (TPSA) is 136 Å². The van der Waals surface area contributed by atoms with Crippen LogP contribution in [-0.2, 0) is 35.0 Å². The van der Waals surface area contributed by atoms with Gasteiger partial charge in [-0.2, -0.15) is 0 Å². The second-order valence-corrected chi connectivity index (χ2v) is 9.93. The largest absolute Gasteiger partial charge is 0.379 e. The molecule has 0 radical (unpaired) electrons. The summed E-state index contributed by atoms with van der Waals surface area (Å²) in [6.45, 7) is 9.42. The number of aryl methyl sites for hydroxylation is 1. The van der Waals surface area contributed by atoms with Gasteiger partial charge < -0.3 is 24.3 Å². The third-order valence-electron chi connectivity index (χ3n) is 7.17. The number of imide groups is 2. The van der Waals surface area contributed by atoms with E-state index in [0.29, 0.717) is 70.2 Å². The smallest absolute Gasteiger partial charge is 0.262 e. The highest BCUT2D eigenvalue weighted by atomic mass is 16.6. The lowest BCUT2D eigenvalue weighted by Gasteiger charge is -2.27. The molecule has 2 N–H and O–H groups in total. The molecule has 12 nitrogen and oxygen atoms in total. The van der Waals surface area contributed by atoms with Crippen LogP contribution in [0.15, 0.2) is 18.2 Å². The molecule has 3 aliphatic rings. The summed E-state index contributed by atoms with van der Waals surface area (Å²) >= 11 is 0. The van der Waals surface area contributed by atoms with Crippen molar-refractivity contribution in [2.24, 2.45) is 0 Å². The van der Waals surface area contributed by atoms with Crippen LogP contribution in [0.2, 0.25) is 0 Å². The molecule has 3 aliphatic heterocycles. The van der Waals surface area contributed by atoms with Gasteiger partial charge >= 0.3 is 0 Å². The zero-order chi connectivity index (χ0) is 28.2. The maximum absolute atomic E-state index is 13.1. The second-order valence-electron chi connectivity index (χ2n) is 9.93. The Morgan fingerprint density at radius 2 is 1.45 bits per heavy atom. The number of piperidine rings is 1. The SMILES string of the molecule is O=C1CCC(N2C(=O)c3cccc(CCCOCCOCCOCCOCCN4CCNCC4)c3C2=O)C(=O)N1. The molecule has 3 heterocycles. The summed E-state index contributed by atoms with van der Waals surface area (Å²) in [5.74, 6) is -1.98. The molecule has 4 amide bonds. The number of benzene rings is 1. The highest BCUT2D eigenvalue weighted by molar-refractivity contribution is 6.24. The highest BCUT2D eigenvalue weighted by Crippen LogP contribution is 2.30. The molecule has 0 spiro atoms. The molecule has 220 valence electrons. The molecule has 1 unspecified atom stereocenters. The average molecular weight is 561 g/mol. The molecular weight excluding hydrogens is 520 g/mol. The summed E-state index contributed by atoms with van der Waals surface area (Å²) in [7, 11) is 0. The number of piperazine rings is 1. The Morgan fingerprint density at radius 3 is 2.12 bits per heavy atom. The zero-order valence-electron chi connectivity index (χ0n) is 23.0. The van der Waals surface area contributed by atoms with Crippen molar-refractivity contribution in [1.29, 1.82) is 0 Å². The fourth-order valence-corrected chi connectivity index (χ4v) is 5.05. The molecule has 4 rings (SSSR count). The monoisotopic (exact) mass is 560 g/mol. The minimum atomic E-state index is -0.965. The number of carbonyl (C=O) groups is 4. The zero-order valence-corrected chi connectivity index (χ0v) is 23.0. The number of carbonyl (C=O) groups excluding carboxylic acids is 4. The third-order valence-corrected chi connectivity index (χ3v) is 7.17. The van der Waals surface area contributed by atoms with Gasteiger partial charge in [-0.25, -0.2) is 0 Å². The number of nitrogens with zero attached hydrogens (tertiary/aromatic N) is 2. The van der Waals surface area contributed by atoms with Crippen LogP contribution >= 0.6 is 0 Å². The fraction of sp³-hybridized carbons (Fsp3) is 0.643. The van der Waals surface area contributed by atoms with Gasteiger partial charge in [-0.1, -0.05) is 12.1 Å². The molecule has 1 aromatic carbocycles. The van der Waals surface area contributed by atoms with Crippen molar-refractivity contribution in [3.05, 3.63) is 34.9 Å². The first kappa shape index (κ1) is 30.2. The van der Waals surface area contributed by atoms with Crippen molar-refractivity contribution in [2.45, 2.75) is 31.7 Å². The normalized spacial score (nSPS) is 19.8. The Morgan fingerprint density at radius 1 is 0.800 bits per heavy atom. The summed E-state index contributed by atoms with van der Waals surface area (Å²) in [5, 5.41) is 5.55. The van der Waals surface area contributed by atoms with Crippen molar-refractivity contribution in [2.75, 3.05) is 85.6 Å². The summed E-state index contributed by atoms with van der Waals surface area (Å²) in [5.41, 5.74) is 1.38. The second kappa shape index (κ2) is 15.9. The standard InChI is InChI=1S/C28H40N4O8/c33-24-7-6-23(26(34)30-24)32-27(35)22-5-1-3-21(25(22)28(32)36)4-2-13-37-15-17-39-19-20-40-18-16-38-14-12-31-10-8-29-9-11-31/h1,3,5,23,29H,2,4,6-20H2,(H,30,33,34). The number of hydrogen-bond acceptors (Lipinski definition) is 10. The minimum absolute atomic E-state index is 0.0945. The molecule has 2 saturated heterocycles. The van der Waals surface area contributed by atoms with Gasteiger partial charge in [0.25, 0.3) is 11.8 Å². The summed E-state index contributed by atoms with van der Waals surface area (Å²) < 4.78 is 22.3. The van der Waals surface area contributed by atoms with Crippen LogP contribution in [0.5, 0.6) is 0 Å². The quantitative estimate of drug-likeness (QED) is 0.198. The first-order valence-electron chi connectivity index (χ1n) is 14.1. The van der Waals surface area contributed by atoms with Gasteiger partial charge in [0.2, 0.25) is 11.8 Å². The Bertz CT molecular complexity index is 1030. The van der Waals surface area contributed by atoms with Crippen LogP contribution in [-0.4, -0.2) is 125 Å². The summed E-state index contributed by atoms with van der Waals surface area (Å²) in [6.07, 6.45) is 1.45. The number of amides is 4. The van der Waals surface area contributed by atoms with Crippen molar-refractivity contribution < 1.29 is 38.1 Å². The molecule has 40 heavy (non-hydrogen) atoms. The predicted octanol–water partition coefficient (Wildman–Crippen LogP) is -0.00800. The Balaban J connectivity index is 1.03. The molecule has 12 heteroatoms. The van der Waals surface area contributed by atoms with Crippen LogP contribution in [0.1, 0.15) is 45.5 Å². The lowest BCUT2D eigenvalue weighted by molar-refractivity contribution is -0.136. The van der Waals surface area contributed by atoms with E-state index in [-0.39, 0.29) is 12.8 Å². The van der Waals surface area contributed by atoms with Crippen molar-refractivity contribution >= 4 is 23.6 Å². The van der Waals surface area contributed by atoms with E-state index in [1.165, 1.54) is 0 Å². The van der Waals surface area contributed by atoms with E-state index in [0.717, 1.165) is 49.8 Å². The van der Waals surface area contributed by atoms with Gasteiger partial charge in [0.15, 0.2) is 0 Å². The first-order valence-corrected chi connectivity index (χ1v) is 14.1. The summed E-state index contributed by atoms with van der Waals surface area (Å²) in [4.78, 5) is 53.2. The molecule has 2 fully saturated rings. The van der Waals surface area contributed by atoms with E-state index in [2.05, 4.69) is 15.5 Å². The lowest BCUT2D eigenvalue weighted by Crippen LogP contribution is -2.54. The third kappa shape index (κ3) is 8.38. The van der Waals surface area contributed by atoms with Crippen molar-refractivity contribution in [3.8, 4) is 0 Å². The maximum Gasteiger partial charge on any atom is 0.262 e. The van der Waals surface area contributed by atoms with E-state index < -0.39 is 29.7 Å². The van der Waals surface area contributed by atoms with Crippen LogP contribution in [0, 0.1) is 0 Å². The van der Waals surface area contributed by atoms with Crippen LogP contribution in [0.3, 0.4) is 0 Å². The van der Waals surface area contributed by atoms with E-state index in [1.807, 2.05) is 6.07 Å². The summed E-state index contributed by atoms with van der Waals surface area (Å²) in [6, 6.07) is 4.19. The number of hydrogen-bond donors (Lipinski definition) is 2. The van der Waals surface area contributed by atoms with E-state index in [9.17, 15) is 19.2 Å². The van der Waals surface area contributed by atoms with Gasteiger partial charge in [-0.05, 0) is 30.9 Å². The fourth-order valence-electron chi connectivity index (χ4n) is 5.05. The highest BCUT2D eigenvalue weighted by Gasteiger charge is 2.45. The van der Waals surface area contributed by atoms with E-state index >= 15 is 0 Å². The van der Waals surface area contributed by atoms with Crippen LogP contribution in [0.25, 0.3) is 0 Å². The van der Waals surface area contributed by atoms with E-state index in [4.69, 9.17) is 18.9 Å². The lowest BCUT2D eigenvalue weighted by atomic mass is 9.99. The molecule has 0 aromatic heterocycles. The molecule has 0 saturated carbocycles.